The third kappa shape index (κ3) is 3.68. The molecule has 5 heteroatoms. The van der Waals surface area contributed by atoms with E-state index in [0.717, 1.165) is 41.1 Å². The fourth-order valence-electron chi connectivity index (χ4n) is 4.06. The van der Waals surface area contributed by atoms with Crippen LogP contribution in [0.25, 0.3) is 11.3 Å². The van der Waals surface area contributed by atoms with E-state index in [-0.39, 0.29) is 0 Å². The third-order valence-electron chi connectivity index (χ3n) is 5.63. The Morgan fingerprint density at radius 1 is 0.900 bits per heavy atom. The van der Waals surface area contributed by atoms with E-state index in [1.165, 1.54) is 34.5 Å². The van der Waals surface area contributed by atoms with Gasteiger partial charge < -0.3 is 4.74 Å². The van der Waals surface area contributed by atoms with Crippen molar-refractivity contribution in [3.63, 3.8) is 0 Å². The zero-order valence-electron chi connectivity index (χ0n) is 16.7. The van der Waals surface area contributed by atoms with Gasteiger partial charge >= 0.3 is 0 Å². The molecule has 0 aromatic heterocycles. The molecule has 0 bridgehead atoms. The average molecular weight is 435 g/mol. The summed E-state index contributed by atoms with van der Waals surface area (Å²) in [6.45, 7) is 0. The summed E-state index contributed by atoms with van der Waals surface area (Å²) in [6.07, 6.45) is 4.33. The predicted octanol–water partition coefficient (Wildman–Crippen LogP) is 5.63. The largest absolute Gasteiger partial charge is 0.456 e. The molecule has 2 aliphatic heterocycles. The normalized spacial score (nSPS) is 15.9. The molecule has 0 amide bonds. The number of hydrogen-bond acceptors (Lipinski definition) is 4. The molecule has 3 nitrogen and oxygen atoms in total. The molecule has 152 valence electrons. The van der Waals surface area contributed by atoms with Gasteiger partial charge in [-0.1, -0.05) is 30.3 Å². The van der Waals surface area contributed by atoms with Crippen LogP contribution in [-0.2, 0) is 22.7 Å². The second-order valence-electron chi connectivity index (χ2n) is 7.77. The second-order valence-corrected chi connectivity index (χ2v) is 10.9. The van der Waals surface area contributed by atoms with Crippen molar-refractivity contribution in [2.45, 2.75) is 29.1 Å². The summed E-state index contributed by atoms with van der Waals surface area (Å²) in [5.74, 6) is 2.85. The first kappa shape index (κ1) is 19.5. The quantitative estimate of drug-likeness (QED) is 0.536. The number of benzene rings is 3. The molecule has 0 radical (unpaired) electrons. The molecule has 30 heavy (non-hydrogen) atoms. The third-order valence-corrected chi connectivity index (χ3v) is 7.96. The maximum Gasteiger partial charge on any atom is 0.175 e. The molecule has 5 rings (SSSR count). The van der Waals surface area contributed by atoms with E-state index in [4.69, 9.17) is 4.74 Å². The Labute approximate surface area is 181 Å². The van der Waals surface area contributed by atoms with Gasteiger partial charge in [-0.25, -0.2) is 8.42 Å². The molecule has 2 heterocycles. The molecule has 3 aromatic rings. The number of fused-ring (bicyclic) bond motifs is 2. The molecule has 0 saturated heterocycles. The van der Waals surface area contributed by atoms with Gasteiger partial charge in [-0.15, -0.1) is 11.8 Å². The first-order chi connectivity index (χ1) is 14.5. The van der Waals surface area contributed by atoms with Gasteiger partial charge in [0, 0.05) is 28.7 Å². The highest BCUT2D eigenvalue weighted by Gasteiger charge is 2.23. The number of ether oxygens (including phenoxy) is 1. The summed E-state index contributed by atoms with van der Waals surface area (Å²) < 4.78 is 30.1. The van der Waals surface area contributed by atoms with Crippen LogP contribution in [0.2, 0.25) is 0 Å². The number of allylic oxidation sites excluding steroid dienone is 1. The van der Waals surface area contributed by atoms with Crippen LogP contribution in [-0.4, -0.2) is 20.4 Å². The van der Waals surface area contributed by atoms with Crippen LogP contribution in [0.3, 0.4) is 0 Å². The molecule has 0 unspecified atom stereocenters. The number of aryl methyl sites for hydroxylation is 1. The molecule has 0 aliphatic carbocycles. The van der Waals surface area contributed by atoms with Crippen molar-refractivity contribution in [3.05, 3.63) is 89.0 Å². The van der Waals surface area contributed by atoms with E-state index in [2.05, 4.69) is 24.3 Å². The number of rotatable bonds is 3. The molecular weight excluding hydrogens is 412 g/mol. The zero-order chi connectivity index (χ0) is 20.7. The molecule has 0 N–H and O–H groups in total. The molecule has 3 aromatic carbocycles. The summed E-state index contributed by atoms with van der Waals surface area (Å²) in [4.78, 5) is 1.69. The minimum atomic E-state index is -3.23. The molecule has 2 aliphatic rings. The van der Waals surface area contributed by atoms with Gasteiger partial charge in [-0.05, 0) is 71.7 Å². The van der Waals surface area contributed by atoms with Gasteiger partial charge in [0.25, 0.3) is 0 Å². The molecule has 0 saturated carbocycles. The monoisotopic (exact) mass is 434 g/mol. The second kappa shape index (κ2) is 7.64. The van der Waals surface area contributed by atoms with Crippen molar-refractivity contribution in [3.8, 4) is 5.75 Å². The van der Waals surface area contributed by atoms with Gasteiger partial charge in [-0.2, -0.15) is 0 Å². The highest BCUT2D eigenvalue weighted by atomic mass is 32.2. The molecule has 0 fully saturated rings. The van der Waals surface area contributed by atoms with Crippen LogP contribution in [0.15, 0.2) is 76.5 Å². The van der Waals surface area contributed by atoms with Crippen LogP contribution in [0.4, 0.5) is 0 Å². The Bertz CT molecular complexity index is 1260. The topological polar surface area (TPSA) is 43.4 Å². The van der Waals surface area contributed by atoms with Crippen molar-refractivity contribution >= 4 is 32.9 Å². The fourth-order valence-corrected chi connectivity index (χ4v) is 5.71. The zero-order valence-corrected chi connectivity index (χ0v) is 18.4. The van der Waals surface area contributed by atoms with E-state index in [1.54, 1.807) is 12.1 Å². The Hall–Kier alpha value is -2.50. The summed E-state index contributed by atoms with van der Waals surface area (Å²) in [6, 6.07) is 21.8. The van der Waals surface area contributed by atoms with E-state index >= 15 is 0 Å². The lowest BCUT2D eigenvalue weighted by molar-refractivity contribution is 0.502. The molecule has 0 spiro atoms. The van der Waals surface area contributed by atoms with Crippen molar-refractivity contribution in [1.29, 1.82) is 0 Å². The SMILES string of the molecule is CS(=O)(=O)c1ccc(C2=C(c3ccc4c(c3)CCCS4)Cc3ccccc3O2)cc1. The fraction of sp³-hybridized carbons (Fsp3) is 0.200. The number of thioether (sulfide) groups is 1. The van der Waals surface area contributed by atoms with Crippen molar-refractivity contribution in [2.75, 3.05) is 12.0 Å². The maximum absolute atomic E-state index is 11.9. The van der Waals surface area contributed by atoms with Crippen LogP contribution in [0, 0.1) is 0 Å². The average Bonchev–Trinajstić information content (AvgIpc) is 2.77. The lowest BCUT2D eigenvalue weighted by Gasteiger charge is -2.25. The molecule has 0 atom stereocenters. The van der Waals surface area contributed by atoms with Crippen LogP contribution in [0.1, 0.15) is 28.7 Å². The first-order valence-corrected chi connectivity index (χ1v) is 12.9. The van der Waals surface area contributed by atoms with Crippen LogP contribution in [0.5, 0.6) is 5.75 Å². The summed E-state index contributed by atoms with van der Waals surface area (Å²) in [5.41, 5.74) is 5.77. The van der Waals surface area contributed by atoms with Crippen molar-refractivity contribution in [2.24, 2.45) is 0 Å². The van der Waals surface area contributed by atoms with E-state index in [1.807, 2.05) is 42.1 Å². The highest BCUT2D eigenvalue weighted by Crippen LogP contribution is 2.41. The molecular formula is C25H22O3S2. The maximum atomic E-state index is 11.9. The number of para-hydroxylation sites is 1. The number of sulfone groups is 1. The summed E-state index contributed by atoms with van der Waals surface area (Å²) in [7, 11) is -3.23. The van der Waals surface area contributed by atoms with Crippen LogP contribution < -0.4 is 4.74 Å². The van der Waals surface area contributed by atoms with Crippen molar-refractivity contribution < 1.29 is 13.2 Å². The Morgan fingerprint density at radius 2 is 1.67 bits per heavy atom. The van der Waals surface area contributed by atoms with Gasteiger partial charge in [0.1, 0.15) is 11.5 Å². The van der Waals surface area contributed by atoms with Gasteiger partial charge in [0.15, 0.2) is 9.84 Å². The summed E-state index contributed by atoms with van der Waals surface area (Å²) in [5, 5.41) is 0. The van der Waals surface area contributed by atoms with Gasteiger partial charge in [-0.3, -0.25) is 0 Å². The Morgan fingerprint density at radius 3 is 2.47 bits per heavy atom. The standard InChI is InChI=1S/C25H22O3S2/c1-30(26,27)21-11-8-17(9-12-21)25-22(16-19-5-2-3-7-23(19)28-25)18-10-13-24-20(15-18)6-4-14-29-24/h2-3,5,7-13,15H,4,6,14,16H2,1H3. The lowest BCUT2D eigenvalue weighted by Crippen LogP contribution is -2.10. The van der Waals surface area contributed by atoms with Gasteiger partial charge in [0.05, 0.1) is 4.90 Å². The minimum Gasteiger partial charge on any atom is -0.456 e. The van der Waals surface area contributed by atoms with Gasteiger partial charge in [0.2, 0.25) is 0 Å². The highest BCUT2D eigenvalue weighted by molar-refractivity contribution is 7.99. The van der Waals surface area contributed by atoms with E-state index in [9.17, 15) is 8.42 Å². The van der Waals surface area contributed by atoms with Crippen LogP contribution >= 0.6 is 11.8 Å². The smallest absolute Gasteiger partial charge is 0.175 e. The summed E-state index contributed by atoms with van der Waals surface area (Å²) >= 11 is 1.93. The van der Waals surface area contributed by atoms with E-state index < -0.39 is 9.84 Å². The van der Waals surface area contributed by atoms with Crippen molar-refractivity contribution in [1.82, 2.24) is 0 Å². The lowest BCUT2D eigenvalue weighted by atomic mass is 9.91. The Balaban J connectivity index is 1.64. The van der Waals surface area contributed by atoms with E-state index in [0.29, 0.717) is 4.90 Å². The number of hydrogen-bond donors (Lipinski definition) is 0. The predicted molar refractivity (Wildman–Crippen MR) is 123 cm³/mol. The first-order valence-electron chi connectivity index (χ1n) is 10.0. The minimum absolute atomic E-state index is 0.315. The Kier molecular flexibility index (Phi) is 4.95.